The second kappa shape index (κ2) is 5.40. The Hall–Kier alpha value is -2.62. The topological polar surface area (TPSA) is 127 Å². The van der Waals surface area contributed by atoms with E-state index >= 15 is 0 Å². The number of phenols is 1. The van der Waals surface area contributed by atoms with Crippen molar-refractivity contribution >= 4 is 21.4 Å². The number of benzene rings is 1. The molecule has 0 amide bonds. The van der Waals surface area contributed by atoms with Crippen LogP contribution in [0, 0.1) is 10.1 Å². The molecule has 0 aliphatic rings. The maximum atomic E-state index is 12.1. The SMILES string of the molecule is CCn1cnc(S(=O)(=O)Nc2cc([N+](=O)[O-])ccc2O)c1. The van der Waals surface area contributed by atoms with Gasteiger partial charge in [0.15, 0.2) is 5.03 Å². The summed E-state index contributed by atoms with van der Waals surface area (Å²) in [6, 6.07) is 3.04. The first-order chi connectivity index (χ1) is 9.83. The van der Waals surface area contributed by atoms with Crippen LogP contribution < -0.4 is 4.72 Å². The van der Waals surface area contributed by atoms with Crippen LogP contribution in [0.1, 0.15) is 6.92 Å². The number of rotatable bonds is 5. The van der Waals surface area contributed by atoms with Gasteiger partial charge < -0.3 is 9.67 Å². The Kier molecular flexibility index (Phi) is 3.80. The Labute approximate surface area is 120 Å². The van der Waals surface area contributed by atoms with Crippen LogP contribution in [0.4, 0.5) is 11.4 Å². The minimum absolute atomic E-state index is 0.241. The van der Waals surface area contributed by atoms with E-state index in [1.807, 2.05) is 6.92 Å². The zero-order valence-electron chi connectivity index (χ0n) is 10.9. The predicted octanol–water partition coefficient (Wildman–Crippen LogP) is 1.32. The molecule has 1 aromatic carbocycles. The van der Waals surface area contributed by atoms with Gasteiger partial charge in [-0.05, 0) is 13.0 Å². The molecule has 10 heteroatoms. The molecule has 1 aromatic heterocycles. The van der Waals surface area contributed by atoms with E-state index in [1.54, 1.807) is 4.57 Å². The van der Waals surface area contributed by atoms with Crippen molar-refractivity contribution in [3.8, 4) is 5.75 Å². The van der Waals surface area contributed by atoms with Gasteiger partial charge in [-0.3, -0.25) is 14.8 Å². The zero-order chi connectivity index (χ0) is 15.6. The molecule has 112 valence electrons. The largest absolute Gasteiger partial charge is 0.506 e. The van der Waals surface area contributed by atoms with Crippen LogP contribution in [0.3, 0.4) is 0 Å². The highest BCUT2D eigenvalue weighted by atomic mass is 32.2. The van der Waals surface area contributed by atoms with Gasteiger partial charge in [0, 0.05) is 24.9 Å². The first kappa shape index (κ1) is 14.8. The number of nitrogens with one attached hydrogen (secondary N) is 1. The summed E-state index contributed by atoms with van der Waals surface area (Å²) in [7, 11) is -4.03. The van der Waals surface area contributed by atoms with Crippen LogP contribution in [0.5, 0.6) is 5.75 Å². The van der Waals surface area contributed by atoms with Gasteiger partial charge in [0.05, 0.1) is 16.9 Å². The van der Waals surface area contributed by atoms with Gasteiger partial charge >= 0.3 is 0 Å². The number of aromatic nitrogens is 2. The molecule has 2 N–H and O–H groups in total. The molecule has 2 aromatic rings. The number of nitro benzene ring substituents is 1. The lowest BCUT2D eigenvalue weighted by atomic mass is 10.2. The number of nitro groups is 1. The van der Waals surface area contributed by atoms with Gasteiger partial charge in [-0.25, -0.2) is 4.98 Å². The number of sulfonamides is 1. The molecule has 0 spiro atoms. The highest BCUT2D eigenvalue weighted by Crippen LogP contribution is 2.29. The summed E-state index contributed by atoms with van der Waals surface area (Å²) in [5, 5.41) is 20.0. The quantitative estimate of drug-likeness (QED) is 0.487. The Morgan fingerprint density at radius 2 is 2.19 bits per heavy atom. The second-order valence-electron chi connectivity index (χ2n) is 4.11. The first-order valence-corrected chi connectivity index (χ1v) is 7.34. The van der Waals surface area contributed by atoms with E-state index in [2.05, 4.69) is 9.71 Å². The number of nitrogens with zero attached hydrogens (tertiary/aromatic N) is 3. The molecular weight excluding hydrogens is 300 g/mol. The molecule has 21 heavy (non-hydrogen) atoms. The summed E-state index contributed by atoms with van der Waals surface area (Å²) >= 11 is 0. The standard InChI is InChI=1S/C11H12N4O5S/c1-2-14-6-11(12-7-14)21(19,20)13-9-5-8(15(17)18)3-4-10(9)16/h3-7,13,16H,2H2,1H3. The molecule has 0 unspecified atom stereocenters. The van der Waals surface area contributed by atoms with E-state index in [4.69, 9.17) is 0 Å². The van der Waals surface area contributed by atoms with E-state index in [1.165, 1.54) is 12.5 Å². The zero-order valence-corrected chi connectivity index (χ0v) is 11.7. The van der Waals surface area contributed by atoms with Crippen LogP contribution in [0.25, 0.3) is 0 Å². The molecular formula is C11H12N4O5S. The van der Waals surface area contributed by atoms with E-state index < -0.39 is 20.7 Å². The smallest absolute Gasteiger partial charge is 0.281 e. The van der Waals surface area contributed by atoms with Gasteiger partial charge in [-0.1, -0.05) is 0 Å². The monoisotopic (exact) mass is 312 g/mol. The third-order valence-electron chi connectivity index (χ3n) is 2.69. The summed E-state index contributed by atoms with van der Waals surface area (Å²) in [5.41, 5.74) is -0.625. The lowest BCUT2D eigenvalue weighted by Gasteiger charge is -2.07. The number of imidazole rings is 1. The van der Waals surface area contributed by atoms with Crippen LogP contribution in [-0.4, -0.2) is 28.0 Å². The number of aromatic hydroxyl groups is 1. The molecule has 0 bridgehead atoms. The molecule has 0 atom stereocenters. The van der Waals surface area contributed by atoms with Crippen molar-refractivity contribution in [3.05, 3.63) is 40.8 Å². The average molecular weight is 312 g/mol. The van der Waals surface area contributed by atoms with E-state index in [-0.39, 0.29) is 16.4 Å². The van der Waals surface area contributed by atoms with Crippen LogP contribution in [0.15, 0.2) is 35.7 Å². The minimum Gasteiger partial charge on any atom is -0.506 e. The number of aryl methyl sites for hydroxylation is 1. The lowest BCUT2D eigenvalue weighted by molar-refractivity contribution is -0.384. The molecule has 0 saturated carbocycles. The normalized spacial score (nSPS) is 11.3. The molecule has 1 heterocycles. The van der Waals surface area contributed by atoms with Crippen molar-refractivity contribution in [1.29, 1.82) is 0 Å². The van der Waals surface area contributed by atoms with Gasteiger partial charge in [0.1, 0.15) is 5.75 Å². The highest BCUT2D eigenvalue weighted by molar-refractivity contribution is 7.92. The van der Waals surface area contributed by atoms with Gasteiger partial charge in [0.2, 0.25) is 0 Å². The van der Waals surface area contributed by atoms with Crippen molar-refractivity contribution in [2.75, 3.05) is 4.72 Å². The number of anilines is 1. The lowest BCUT2D eigenvalue weighted by Crippen LogP contribution is -2.13. The number of hydrogen-bond donors (Lipinski definition) is 2. The fourth-order valence-corrected chi connectivity index (χ4v) is 2.59. The maximum absolute atomic E-state index is 12.1. The van der Waals surface area contributed by atoms with Gasteiger partial charge in [0.25, 0.3) is 15.7 Å². The van der Waals surface area contributed by atoms with Crippen LogP contribution >= 0.6 is 0 Å². The maximum Gasteiger partial charge on any atom is 0.281 e. The predicted molar refractivity (Wildman–Crippen MR) is 73.5 cm³/mol. The summed E-state index contributed by atoms with van der Waals surface area (Å²) in [4.78, 5) is 13.7. The number of non-ortho nitro benzene ring substituents is 1. The highest BCUT2D eigenvalue weighted by Gasteiger charge is 2.20. The molecule has 9 nitrogen and oxygen atoms in total. The molecule has 0 fully saturated rings. The summed E-state index contributed by atoms with van der Waals surface area (Å²) < 4.78 is 27.8. The molecule has 2 rings (SSSR count). The molecule has 0 radical (unpaired) electrons. The average Bonchev–Trinajstić information content (AvgIpc) is 2.90. The minimum atomic E-state index is -4.03. The Morgan fingerprint density at radius 3 is 2.76 bits per heavy atom. The van der Waals surface area contributed by atoms with Gasteiger partial charge in [-0.2, -0.15) is 8.42 Å². The van der Waals surface area contributed by atoms with E-state index in [0.29, 0.717) is 6.54 Å². The molecule has 0 saturated heterocycles. The fraction of sp³-hybridized carbons (Fsp3) is 0.182. The van der Waals surface area contributed by atoms with Crippen LogP contribution in [-0.2, 0) is 16.6 Å². The van der Waals surface area contributed by atoms with E-state index in [0.717, 1.165) is 18.2 Å². The van der Waals surface area contributed by atoms with Crippen molar-refractivity contribution in [3.63, 3.8) is 0 Å². The summed E-state index contributed by atoms with van der Waals surface area (Å²) in [6.07, 6.45) is 2.67. The number of hydrogen-bond acceptors (Lipinski definition) is 6. The van der Waals surface area contributed by atoms with Crippen molar-refractivity contribution in [1.82, 2.24) is 9.55 Å². The third kappa shape index (κ3) is 3.11. The van der Waals surface area contributed by atoms with Crippen molar-refractivity contribution < 1.29 is 18.4 Å². The van der Waals surface area contributed by atoms with Gasteiger partial charge in [-0.15, -0.1) is 0 Å². The molecule has 0 aliphatic carbocycles. The summed E-state index contributed by atoms with van der Waals surface area (Å²) in [5.74, 6) is -0.418. The first-order valence-electron chi connectivity index (χ1n) is 5.85. The summed E-state index contributed by atoms with van der Waals surface area (Å²) in [6.45, 7) is 2.36. The van der Waals surface area contributed by atoms with E-state index in [9.17, 15) is 23.6 Å². The Morgan fingerprint density at radius 1 is 1.48 bits per heavy atom. The Balaban J connectivity index is 2.36. The van der Waals surface area contributed by atoms with Crippen LogP contribution in [0.2, 0.25) is 0 Å². The van der Waals surface area contributed by atoms with Crippen molar-refractivity contribution in [2.45, 2.75) is 18.5 Å². The van der Waals surface area contributed by atoms with Crippen molar-refractivity contribution in [2.24, 2.45) is 0 Å². The fourth-order valence-electron chi connectivity index (χ4n) is 1.57. The molecule has 0 aliphatic heterocycles. The Bertz CT molecular complexity index is 784. The number of phenolic OH excluding ortho intramolecular Hbond substituents is 1. The second-order valence-corrected chi connectivity index (χ2v) is 5.74. The third-order valence-corrected chi connectivity index (χ3v) is 3.94.